The molecule has 6 heteroatoms. The van der Waals surface area contributed by atoms with Crippen molar-refractivity contribution in [2.45, 2.75) is 0 Å². The molecule has 0 unspecified atom stereocenters. The zero-order valence-electron chi connectivity index (χ0n) is 8.54. The quantitative estimate of drug-likeness (QED) is 0.618. The molecular weight excluding hydrogens is 244 g/mol. The Hall–Kier alpha value is -2.14. The summed E-state index contributed by atoms with van der Waals surface area (Å²) in [7, 11) is 0. The maximum atomic E-state index is 10.5. The number of hydrogen-bond acceptors (Lipinski definition) is 4. The summed E-state index contributed by atoms with van der Waals surface area (Å²) in [5.41, 5.74) is 0.00414. The van der Waals surface area contributed by atoms with Gasteiger partial charge in [0.1, 0.15) is 10.8 Å². The average Bonchev–Trinajstić information content (AvgIpc) is 2.33. The Bertz CT molecular complexity index is 543. The number of nitrogens with zero attached hydrogens (tertiary/aromatic N) is 2. The Balaban J connectivity index is 2.20. The topological polar surface area (TPSA) is 65.3 Å². The van der Waals surface area contributed by atoms with Gasteiger partial charge in [0.05, 0.1) is 4.92 Å². The SMILES string of the molecule is O=[N+]([O-])c1ccc(Oc2ncccc2Cl)cc1. The summed E-state index contributed by atoms with van der Waals surface area (Å²) in [5, 5.41) is 10.8. The minimum absolute atomic E-state index is 0.00414. The van der Waals surface area contributed by atoms with Crippen LogP contribution in [-0.2, 0) is 0 Å². The van der Waals surface area contributed by atoms with Gasteiger partial charge >= 0.3 is 0 Å². The van der Waals surface area contributed by atoms with Crippen LogP contribution in [0, 0.1) is 10.1 Å². The third-order valence-corrected chi connectivity index (χ3v) is 2.27. The van der Waals surface area contributed by atoms with Crippen LogP contribution in [0.25, 0.3) is 0 Å². The van der Waals surface area contributed by atoms with Gasteiger partial charge in [-0.05, 0) is 24.3 Å². The molecule has 1 heterocycles. The molecule has 0 saturated carbocycles. The number of hydrogen-bond donors (Lipinski definition) is 0. The van der Waals surface area contributed by atoms with Crippen LogP contribution < -0.4 is 4.74 Å². The first-order valence-corrected chi connectivity index (χ1v) is 5.07. The summed E-state index contributed by atoms with van der Waals surface area (Å²) in [4.78, 5) is 13.9. The van der Waals surface area contributed by atoms with E-state index in [9.17, 15) is 10.1 Å². The van der Waals surface area contributed by atoms with Crippen molar-refractivity contribution in [3.05, 3.63) is 57.7 Å². The average molecular weight is 251 g/mol. The molecule has 2 rings (SSSR count). The molecule has 0 aliphatic heterocycles. The lowest BCUT2D eigenvalue weighted by atomic mass is 10.3. The Morgan fingerprint density at radius 3 is 2.53 bits per heavy atom. The van der Waals surface area contributed by atoms with Crippen molar-refractivity contribution < 1.29 is 9.66 Å². The number of aromatic nitrogens is 1. The van der Waals surface area contributed by atoms with Crippen LogP contribution >= 0.6 is 11.6 Å². The monoisotopic (exact) mass is 250 g/mol. The van der Waals surface area contributed by atoms with Gasteiger partial charge in [0.15, 0.2) is 0 Å². The van der Waals surface area contributed by atoms with Gasteiger partial charge < -0.3 is 4.74 Å². The largest absolute Gasteiger partial charge is 0.438 e. The van der Waals surface area contributed by atoms with Crippen molar-refractivity contribution in [2.24, 2.45) is 0 Å². The number of pyridine rings is 1. The maximum Gasteiger partial charge on any atom is 0.269 e. The second-order valence-corrected chi connectivity index (χ2v) is 3.55. The Morgan fingerprint density at radius 2 is 1.94 bits per heavy atom. The molecule has 0 radical (unpaired) electrons. The predicted molar refractivity (Wildman–Crippen MR) is 62.4 cm³/mol. The minimum atomic E-state index is -0.475. The van der Waals surface area contributed by atoms with Crippen LogP contribution in [0.2, 0.25) is 5.02 Å². The number of rotatable bonds is 3. The number of nitro benzene ring substituents is 1. The Morgan fingerprint density at radius 1 is 1.24 bits per heavy atom. The minimum Gasteiger partial charge on any atom is -0.438 e. The molecule has 86 valence electrons. The van der Waals surface area contributed by atoms with Gasteiger partial charge in [-0.25, -0.2) is 4.98 Å². The summed E-state index contributed by atoms with van der Waals surface area (Å²) in [6, 6.07) is 9.02. The molecule has 5 nitrogen and oxygen atoms in total. The molecule has 17 heavy (non-hydrogen) atoms. The summed E-state index contributed by atoms with van der Waals surface area (Å²) in [6.45, 7) is 0. The van der Waals surface area contributed by atoms with E-state index in [1.807, 2.05) is 0 Å². The van der Waals surface area contributed by atoms with E-state index in [-0.39, 0.29) is 11.6 Å². The number of ether oxygens (including phenoxy) is 1. The van der Waals surface area contributed by atoms with E-state index in [1.54, 1.807) is 18.3 Å². The van der Waals surface area contributed by atoms with Crippen molar-refractivity contribution >= 4 is 17.3 Å². The molecular formula is C11H7ClN2O3. The molecule has 0 atom stereocenters. The van der Waals surface area contributed by atoms with Gasteiger partial charge in [-0.1, -0.05) is 11.6 Å². The summed E-state index contributed by atoms with van der Waals surface area (Å²) < 4.78 is 5.38. The van der Waals surface area contributed by atoms with E-state index in [0.717, 1.165) is 0 Å². The summed E-state index contributed by atoms with van der Waals surface area (Å²) in [6.07, 6.45) is 1.55. The van der Waals surface area contributed by atoms with Crippen LogP contribution in [-0.4, -0.2) is 9.91 Å². The van der Waals surface area contributed by atoms with Crippen molar-refractivity contribution in [1.29, 1.82) is 0 Å². The fraction of sp³-hybridized carbons (Fsp3) is 0. The molecule has 2 aromatic rings. The van der Waals surface area contributed by atoms with Crippen LogP contribution in [0.3, 0.4) is 0 Å². The van der Waals surface area contributed by atoms with E-state index in [2.05, 4.69) is 4.98 Å². The van der Waals surface area contributed by atoms with E-state index in [1.165, 1.54) is 24.3 Å². The normalized spacial score (nSPS) is 9.94. The molecule has 0 aliphatic rings. The second kappa shape index (κ2) is 4.80. The molecule has 0 saturated heterocycles. The van der Waals surface area contributed by atoms with Crippen molar-refractivity contribution in [2.75, 3.05) is 0 Å². The summed E-state index contributed by atoms with van der Waals surface area (Å²) in [5.74, 6) is 0.708. The van der Waals surface area contributed by atoms with Crippen LogP contribution in [0.1, 0.15) is 0 Å². The number of benzene rings is 1. The molecule has 0 bridgehead atoms. The highest BCUT2D eigenvalue weighted by molar-refractivity contribution is 6.31. The van der Waals surface area contributed by atoms with Gasteiger partial charge in [0.25, 0.3) is 5.69 Å². The van der Waals surface area contributed by atoms with E-state index in [4.69, 9.17) is 16.3 Å². The Kier molecular flexibility index (Phi) is 3.20. The first kappa shape index (κ1) is 11.3. The maximum absolute atomic E-state index is 10.5. The van der Waals surface area contributed by atoms with Crippen LogP contribution in [0.4, 0.5) is 5.69 Å². The van der Waals surface area contributed by atoms with Crippen LogP contribution in [0.5, 0.6) is 11.6 Å². The highest BCUT2D eigenvalue weighted by atomic mass is 35.5. The van der Waals surface area contributed by atoms with Gasteiger partial charge in [-0.3, -0.25) is 10.1 Å². The van der Waals surface area contributed by atoms with Crippen molar-refractivity contribution in [3.63, 3.8) is 0 Å². The predicted octanol–water partition coefficient (Wildman–Crippen LogP) is 3.44. The first-order chi connectivity index (χ1) is 8.16. The lowest BCUT2D eigenvalue weighted by Gasteiger charge is -2.05. The molecule has 0 amide bonds. The van der Waals surface area contributed by atoms with Gasteiger partial charge in [0, 0.05) is 18.3 Å². The van der Waals surface area contributed by atoms with Gasteiger partial charge in [0.2, 0.25) is 5.88 Å². The highest BCUT2D eigenvalue weighted by Gasteiger charge is 2.07. The van der Waals surface area contributed by atoms with Crippen molar-refractivity contribution in [1.82, 2.24) is 4.98 Å². The fourth-order valence-electron chi connectivity index (χ4n) is 1.19. The first-order valence-electron chi connectivity index (χ1n) is 4.69. The standard InChI is InChI=1S/C11H7ClN2O3/c12-10-2-1-7-13-11(10)17-9-5-3-8(4-6-9)14(15)16/h1-7H. The molecule has 0 fully saturated rings. The highest BCUT2D eigenvalue weighted by Crippen LogP contribution is 2.27. The fourth-order valence-corrected chi connectivity index (χ4v) is 1.35. The molecule has 0 aliphatic carbocycles. The molecule has 1 aromatic carbocycles. The zero-order chi connectivity index (χ0) is 12.3. The lowest BCUT2D eigenvalue weighted by molar-refractivity contribution is -0.384. The van der Waals surface area contributed by atoms with Crippen LogP contribution in [0.15, 0.2) is 42.6 Å². The Labute approximate surface area is 102 Å². The molecule has 1 aromatic heterocycles. The number of non-ortho nitro benzene ring substituents is 1. The third kappa shape index (κ3) is 2.70. The third-order valence-electron chi connectivity index (χ3n) is 1.99. The second-order valence-electron chi connectivity index (χ2n) is 3.14. The summed E-state index contributed by atoms with van der Waals surface area (Å²) >= 11 is 5.86. The van der Waals surface area contributed by atoms with E-state index in [0.29, 0.717) is 10.8 Å². The number of nitro groups is 1. The molecule has 0 spiro atoms. The lowest BCUT2D eigenvalue weighted by Crippen LogP contribution is -1.90. The van der Waals surface area contributed by atoms with E-state index < -0.39 is 4.92 Å². The zero-order valence-corrected chi connectivity index (χ0v) is 9.29. The van der Waals surface area contributed by atoms with Gasteiger partial charge in [-0.15, -0.1) is 0 Å². The molecule has 0 N–H and O–H groups in total. The van der Waals surface area contributed by atoms with E-state index >= 15 is 0 Å². The van der Waals surface area contributed by atoms with Gasteiger partial charge in [-0.2, -0.15) is 0 Å². The number of halogens is 1. The van der Waals surface area contributed by atoms with Crippen molar-refractivity contribution in [3.8, 4) is 11.6 Å². The smallest absolute Gasteiger partial charge is 0.269 e.